The first-order valence-corrected chi connectivity index (χ1v) is 9.09. The molecule has 3 aromatic heterocycles. The van der Waals surface area contributed by atoms with E-state index in [1.54, 1.807) is 24.5 Å². The summed E-state index contributed by atoms with van der Waals surface area (Å²) in [5.74, 6) is 0.317. The topological polar surface area (TPSA) is 61.3 Å². The summed E-state index contributed by atoms with van der Waals surface area (Å²) in [4.78, 5) is 21.0. The van der Waals surface area contributed by atoms with Gasteiger partial charge in [0.2, 0.25) is 0 Å². The van der Waals surface area contributed by atoms with Gasteiger partial charge in [0.05, 0.1) is 5.52 Å². The van der Waals surface area contributed by atoms with Gasteiger partial charge in [0, 0.05) is 27.9 Å². The lowest BCUT2D eigenvalue weighted by Crippen LogP contribution is -2.11. The van der Waals surface area contributed by atoms with Crippen molar-refractivity contribution < 1.29 is 14.3 Å². The van der Waals surface area contributed by atoms with E-state index in [0.717, 1.165) is 21.0 Å². The molecule has 0 saturated carbocycles. The highest BCUT2D eigenvalue weighted by Crippen LogP contribution is 2.30. The van der Waals surface area contributed by atoms with Crippen LogP contribution in [0.2, 0.25) is 5.15 Å². The Kier molecular flexibility index (Phi) is 4.69. The van der Waals surface area contributed by atoms with E-state index >= 15 is 0 Å². The van der Waals surface area contributed by atoms with Crippen molar-refractivity contribution in [1.29, 1.82) is 0 Å². The smallest absolute Gasteiger partial charge is 0.348 e. The lowest BCUT2D eigenvalue weighted by Gasteiger charge is -2.09. The SMILES string of the molecule is O=C(OCCOc1ccnc2ccccc12)c1cc2c(Cl)nccc2s1. The lowest BCUT2D eigenvalue weighted by atomic mass is 10.2. The predicted molar refractivity (Wildman–Crippen MR) is 102 cm³/mol. The van der Waals surface area contributed by atoms with Gasteiger partial charge in [-0.3, -0.25) is 4.98 Å². The summed E-state index contributed by atoms with van der Waals surface area (Å²) in [5.41, 5.74) is 0.859. The highest BCUT2D eigenvalue weighted by atomic mass is 35.5. The van der Waals surface area contributed by atoms with Crippen molar-refractivity contribution in [3.63, 3.8) is 0 Å². The molecule has 1 aromatic carbocycles. The summed E-state index contributed by atoms with van der Waals surface area (Å²) in [6.07, 6.45) is 3.31. The lowest BCUT2D eigenvalue weighted by molar-refractivity contribution is 0.0457. The molecule has 0 amide bonds. The largest absolute Gasteiger partial charge is 0.489 e. The second kappa shape index (κ2) is 7.27. The van der Waals surface area contributed by atoms with Crippen LogP contribution in [0.1, 0.15) is 9.67 Å². The van der Waals surface area contributed by atoms with Crippen LogP contribution in [0.5, 0.6) is 5.75 Å². The first kappa shape index (κ1) is 16.8. The molecule has 130 valence electrons. The average molecular weight is 385 g/mol. The number of para-hydroxylation sites is 1. The first-order valence-electron chi connectivity index (χ1n) is 7.90. The van der Waals surface area contributed by atoms with E-state index in [9.17, 15) is 4.79 Å². The van der Waals surface area contributed by atoms with Crippen molar-refractivity contribution in [2.75, 3.05) is 13.2 Å². The zero-order valence-corrected chi connectivity index (χ0v) is 15.1. The fourth-order valence-corrected chi connectivity index (χ4v) is 3.80. The molecule has 0 saturated heterocycles. The molecule has 4 aromatic rings. The monoisotopic (exact) mass is 384 g/mol. The van der Waals surface area contributed by atoms with E-state index in [0.29, 0.717) is 15.8 Å². The summed E-state index contributed by atoms with van der Waals surface area (Å²) >= 11 is 7.36. The number of fused-ring (bicyclic) bond motifs is 2. The standard InChI is InChI=1S/C19H13ClN2O3S/c20-18-13-11-17(26-16(13)6-8-22-18)19(23)25-10-9-24-15-5-7-21-14-4-2-1-3-12(14)15/h1-8,11H,9-10H2. The maximum absolute atomic E-state index is 12.2. The fraction of sp³-hybridized carbons (Fsp3) is 0.105. The number of nitrogens with zero attached hydrogens (tertiary/aromatic N) is 2. The number of rotatable bonds is 5. The number of ether oxygens (including phenoxy) is 2. The van der Waals surface area contributed by atoms with Gasteiger partial charge in [0.15, 0.2) is 0 Å². The van der Waals surface area contributed by atoms with Gasteiger partial charge in [-0.15, -0.1) is 11.3 Å². The number of benzene rings is 1. The molecule has 5 nitrogen and oxygen atoms in total. The van der Waals surface area contributed by atoms with Crippen molar-refractivity contribution >= 4 is 49.9 Å². The van der Waals surface area contributed by atoms with Crippen LogP contribution in [0.3, 0.4) is 0 Å². The molecule has 0 spiro atoms. The Labute approximate surface area is 158 Å². The van der Waals surface area contributed by atoms with Gasteiger partial charge in [0.25, 0.3) is 0 Å². The number of pyridine rings is 2. The van der Waals surface area contributed by atoms with Crippen LogP contribution >= 0.6 is 22.9 Å². The maximum atomic E-state index is 12.2. The molecule has 4 rings (SSSR count). The third-order valence-electron chi connectivity index (χ3n) is 3.78. The zero-order valence-electron chi connectivity index (χ0n) is 13.5. The van der Waals surface area contributed by atoms with Crippen molar-refractivity contribution in [3.05, 3.63) is 64.9 Å². The molecule has 0 fully saturated rings. The Hall–Kier alpha value is -2.70. The van der Waals surface area contributed by atoms with Crippen LogP contribution in [0.15, 0.2) is 54.9 Å². The molecule has 0 N–H and O–H groups in total. The van der Waals surface area contributed by atoms with Gasteiger partial charge in [-0.1, -0.05) is 23.7 Å². The quantitative estimate of drug-likeness (QED) is 0.282. The minimum Gasteiger partial charge on any atom is -0.489 e. The molecule has 0 radical (unpaired) electrons. The average Bonchev–Trinajstić information content (AvgIpc) is 3.11. The van der Waals surface area contributed by atoms with Gasteiger partial charge >= 0.3 is 5.97 Å². The highest BCUT2D eigenvalue weighted by molar-refractivity contribution is 7.20. The van der Waals surface area contributed by atoms with Gasteiger partial charge in [-0.2, -0.15) is 0 Å². The molecular formula is C19H13ClN2O3S. The molecular weight excluding hydrogens is 372 g/mol. The minimum atomic E-state index is -0.398. The second-order valence-electron chi connectivity index (χ2n) is 5.43. The van der Waals surface area contributed by atoms with Crippen LogP contribution in [-0.4, -0.2) is 29.2 Å². The van der Waals surface area contributed by atoms with Crippen LogP contribution in [0, 0.1) is 0 Å². The Morgan fingerprint density at radius 3 is 2.77 bits per heavy atom. The van der Waals surface area contributed by atoms with Crippen LogP contribution in [0.25, 0.3) is 21.0 Å². The summed E-state index contributed by atoms with van der Waals surface area (Å²) in [6, 6.07) is 13.0. The molecule has 0 aliphatic rings. The molecule has 0 bridgehead atoms. The van der Waals surface area contributed by atoms with Crippen molar-refractivity contribution in [2.24, 2.45) is 0 Å². The minimum absolute atomic E-state index is 0.149. The van der Waals surface area contributed by atoms with E-state index < -0.39 is 5.97 Å². The van der Waals surface area contributed by atoms with E-state index in [2.05, 4.69) is 9.97 Å². The number of aromatic nitrogens is 2. The van der Waals surface area contributed by atoms with Crippen LogP contribution < -0.4 is 4.74 Å². The van der Waals surface area contributed by atoms with Crippen molar-refractivity contribution in [2.45, 2.75) is 0 Å². The second-order valence-corrected chi connectivity index (χ2v) is 6.88. The Balaban J connectivity index is 1.38. The van der Waals surface area contributed by atoms with E-state index in [-0.39, 0.29) is 13.2 Å². The Bertz CT molecular complexity index is 1090. The van der Waals surface area contributed by atoms with Crippen molar-refractivity contribution in [1.82, 2.24) is 9.97 Å². The van der Waals surface area contributed by atoms with Crippen molar-refractivity contribution in [3.8, 4) is 5.75 Å². The molecule has 3 heterocycles. The van der Waals surface area contributed by atoms with E-state index in [1.807, 2.05) is 30.3 Å². The van der Waals surface area contributed by atoms with E-state index in [4.69, 9.17) is 21.1 Å². The van der Waals surface area contributed by atoms with Crippen LogP contribution in [-0.2, 0) is 4.74 Å². The summed E-state index contributed by atoms with van der Waals surface area (Å²) < 4.78 is 11.9. The van der Waals surface area contributed by atoms with E-state index in [1.165, 1.54) is 11.3 Å². The third-order valence-corrected chi connectivity index (χ3v) is 5.16. The normalized spacial score (nSPS) is 11.0. The number of esters is 1. The Morgan fingerprint density at radius 1 is 1.04 bits per heavy atom. The number of halogens is 1. The van der Waals surface area contributed by atoms with Gasteiger partial charge in [-0.05, 0) is 30.3 Å². The fourth-order valence-electron chi connectivity index (χ4n) is 2.58. The summed E-state index contributed by atoms with van der Waals surface area (Å²) in [6.45, 7) is 0.405. The molecule has 26 heavy (non-hydrogen) atoms. The summed E-state index contributed by atoms with van der Waals surface area (Å²) in [5, 5.41) is 2.06. The third kappa shape index (κ3) is 3.34. The van der Waals surface area contributed by atoms with Gasteiger partial charge in [0.1, 0.15) is 29.0 Å². The van der Waals surface area contributed by atoms with Gasteiger partial charge in [-0.25, -0.2) is 9.78 Å². The molecule has 7 heteroatoms. The van der Waals surface area contributed by atoms with Crippen LogP contribution in [0.4, 0.5) is 0 Å². The molecule has 0 unspecified atom stereocenters. The predicted octanol–water partition coefficient (Wildman–Crippen LogP) is 4.73. The number of carbonyl (C=O) groups is 1. The Morgan fingerprint density at radius 2 is 1.88 bits per heavy atom. The number of carbonyl (C=O) groups excluding carboxylic acids is 1. The first-order chi connectivity index (χ1) is 12.7. The molecule has 0 aliphatic carbocycles. The number of hydrogen-bond donors (Lipinski definition) is 0. The van der Waals surface area contributed by atoms with Gasteiger partial charge < -0.3 is 9.47 Å². The maximum Gasteiger partial charge on any atom is 0.348 e. The summed E-state index contributed by atoms with van der Waals surface area (Å²) in [7, 11) is 0. The molecule has 0 atom stereocenters. The highest BCUT2D eigenvalue weighted by Gasteiger charge is 2.13. The zero-order chi connectivity index (χ0) is 17.9. The number of thiophene rings is 1. The number of hydrogen-bond acceptors (Lipinski definition) is 6. The molecule has 0 aliphatic heterocycles.